The Morgan fingerprint density at radius 3 is 2.81 bits per heavy atom. The molecule has 0 radical (unpaired) electrons. The highest BCUT2D eigenvalue weighted by Crippen LogP contribution is 2.25. The van der Waals surface area contributed by atoms with Crippen molar-refractivity contribution in [3.63, 3.8) is 0 Å². The van der Waals surface area contributed by atoms with Crippen LogP contribution in [0.1, 0.15) is 38.1 Å². The molecule has 1 unspecified atom stereocenters. The third kappa shape index (κ3) is 3.24. The number of rotatable bonds is 5. The number of hydrogen-bond acceptors (Lipinski definition) is 3. The highest BCUT2D eigenvalue weighted by molar-refractivity contribution is 6.05. The van der Waals surface area contributed by atoms with Gasteiger partial charge in [-0.05, 0) is 12.0 Å². The van der Waals surface area contributed by atoms with Crippen molar-refractivity contribution in [2.45, 2.75) is 33.8 Å². The first-order valence-corrected chi connectivity index (χ1v) is 7.21. The normalized spacial score (nSPS) is 13.6. The van der Waals surface area contributed by atoms with Crippen LogP contribution in [0.3, 0.4) is 0 Å². The Balaban J connectivity index is 2.10. The molecule has 2 aromatic rings. The van der Waals surface area contributed by atoms with Gasteiger partial charge in [0.1, 0.15) is 0 Å². The third-order valence-electron chi connectivity index (χ3n) is 3.86. The minimum absolute atomic E-state index is 0.146. The van der Waals surface area contributed by atoms with Gasteiger partial charge in [0.2, 0.25) is 0 Å². The van der Waals surface area contributed by atoms with Crippen LogP contribution in [0.4, 0.5) is 0 Å². The Kier molecular flexibility index (Phi) is 4.32. The van der Waals surface area contributed by atoms with Crippen LogP contribution in [-0.2, 0) is 0 Å². The molecule has 0 aliphatic carbocycles. The molecule has 0 saturated carbocycles. The summed E-state index contributed by atoms with van der Waals surface area (Å²) in [7, 11) is 0. The number of aromatic nitrogens is 2. The zero-order chi connectivity index (χ0) is 15.6. The molecule has 1 heterocycles. The van der Waals surface area contributed by atoms with Gasteiger partial charge >= 0.3 is 0 Å². The van der Waals surface area contributed by atoms with E-state index in [2.05, 4.69) is 15.5 Å². The molecule has 21 heavy (non-hydrogen) atoms. The van der Waals surface area contributed by atoms with Gasteiger partial charge in [-0.15, -0.1) is 0 Å². The zero-order valence-electron chi connectivity index (χ0n) is 13.0. The average molecular weight is 289 g/mol. The molecule has 2 rings (SSSR count). The lowest BCUT2D eigenvalue weighted by Crippen LogP contribution is -2.43. The second-order valence-corrected chi connectivity index (χ2v) is 6.50. The van der Waals surface area contributed by atoms with Crippen LogP contribution in [0.15, 0.2) is 24.4 Å². The van der Waals surface area contributed by atoms with Gasteiger partial charge in [0.25, 0.3) is 5.91 Å². The zero-order valence-corrected chi connectivity index (χ0v) is 13.0. The van der Waals surface area contributed by atoms with Crippen LogP contribution in [-0.4, -0.2) is 33.9 Å². The van der Waals surface area contributed by atoms with E-state index >= 15 is 0 Å². The number of H-pyrrole nitrogens is 1. The maximum Gasteiger partial charge on any atom is 0.253 e. The highest BCUT2D eigenvalue weighted by atomic mass is 16.3. The summed E-state index contributed by atoms with van der Waals surface area (Å²) in [5.74, 6) is -0.0122. The first-order chi connectivity index (χ1) is 9.83. The fourth-order valence-electron chi connectivity index (χ4n) is 2.57. The number of nitrogens with one attached hydrogen (secondary N) is 2. The predicted octanol–water partition coefficient (Wildman–Crippen LogP) is 2.34. The van der Waals surface area contributed by atoms with Crippen LogP contribution in [0.5, 0.6) is 0 Å². The molecule has 0 aliphatic heterocycles. The van der Waals surface area contributed by atoms with E-state index in [1.165, 1.54) is 0 Å². The number of nitrogens with zero attached hydrogens (tertiary/aromatic N) is 1. The lowest BCUT2D eigenvalue weighted by Gasteiger charge is -2.33. The van der Waals surface area contributed by atoms with E-state index in [1.54, 1.807) is 12.3 Å². The molecule has 1 aromatic heterocycles. The molecule has 1 atom stereocenters. The van der Waals surface area contributed by atoms with E-state index in [4.69, 9.17) is 0 Å². The molecule has 1 aromatic carbocycles. The third-order valence-corrected chi connectivity index (χ3v) is 3.86. The van der Waals surface area contributed by atoms with Gasteiger partial charge in [-0.25, -0.2) is 0 Å². The summed E-state index contributed by atoms with van der Waals surface area (Å²) in [6, 6.07) is 5.50. The molecule has 0 aliphatic rings. The van der Waals surface area contributed by atoms with Crippen molar-refractivity contribution in [3.8, 4) is 0 Å². The van der Waals surface area contributed by atoms with E-state index in [0.29, 0.717) is 12.1 Å². The summed E-state index contributed by atoms with van der Waals surface area (Å²) in [5, 5.41) is 20.8. The molecule has 5 heteroatoms. The average Bonchev–Trinajstić information content (AvgIpc) is 2.92. The van der Waals surface area contributed by atoms with Crippen LogP contribution in [0.25, 0.3) is 10.9 Å². The number of aliphatic hydroxyl groups excluding tert-OH is 1. The molecular formula is C16H23N3O2. The van der Waals surface area contributed by atoms with E-state index < -0.39 is 6.10 Å². The number of hydrogen-bond donors (Lipinski definition) is 3. The Morgan fingerprint density at radius 2 is 2.14 bits per heavy atom. The summed E-state index contributed by atoms with van der Waals surface area (Å²) in [4.78, 5) is 12.4. The smallest absolute Gasteiger partial charge is 0.253 e. The summed E-state index contributed by atoms with van der Waals surface area (Å²) in [6.07, 6.45) is 1.22. The molecular weight excluding hydrogens is 266 g/mol. The molecule has 0 spiro atoms. The molecule has 0 saturated heterocycles. The Hall–Kier alpha value is -1.88. The van der Waals surface area contributed by atoms with Crippen molar-refractivity contribution in [1.82, 2.24) is 15.5 Å². The number of fused-ring (bicyclic) bond motifs is 1. The quantitative estimate of drug-likeness (QED) is 0.790. The topological polar surface area (TPSA) is 78.0 Å². The van der Waals surface area contributed by atoms with Crippen molar-refractivity contribution in [1.29, 1.82) is 0 Å². The number of benzene rings is 1. The van der Waals surface area contributed by atoms with Crippen molar-refractivity contribution in [3.05, 3.63) is 30.0 Å². The number of para-hydroxylation sites is 1. The highest BCUT2D eigenvalue weighted by Gasteiger charge is 2.30. The standard InChI is InChI=1S/C16H23N3O2/c1-10(2)14(20)16(3,4)9-17-15(21)12-7-5-6-11-8-18-19-13(11)12/h5-8,10,14,20H,9H2,1-4H3,(H,17,21)(H,18,19). The summed E-state index contributed by atoms with van der Waals surface area (Å²) in [5.41, 5.74) is 0.920. The van der Waals surface area contributed by atoms with E-state index in [9.17, 15) is 9.90 Å². The Morgan fingerprint density at radius 1 is 1.43 bits per heavy atom. The molecule has 0 bridgehead atoms. The molecule has 1 amide bonds. The van der Waals surface area contributed by atoms with Crippen LogP contribution in [0.2, 0.25) is 0 Å². The maximum absolute atomic E-state index is 12.4. The van der Waals surface area contributed by atoms with Gasteiger partial charge in [0.15, 0.2) is 0 Å². The molecule has 114 valence electrons. The van der Waals surface area contributed by atoms with Crippen LogP contribution in [0, 0.1) is 11.3 Å². The summed E-state index contributed by atoms with van der Waals surface area (Å²) < 4.78 is 0. The monoisotopic (exact) mass is 289 g/mol. The van der Waals surface area contributed by atoms with Crippen LogP contribution < -0.4 is 5.32 Å². The Bertz CT molecular complexity index is 631. The Labute approximate surface area is 124 Å². The first-order valence-electron chi connectivity index (χ1n) is 7.21. The second kappa shape index (κ2) is 5.85. The van der Waals surface area contributed by atoms with Crippen molar-refractivity contribution in [2.24, 2.45) is 11.3 Å². The maximum atomic E-state index is 12.4. The summed E-state index contributed by atoms with van der Waals surface area (Å²) in [6.45, 7) is 8.26. The van der Waals surface area contributed by atoms with Gasteiger partial charge < -0.3 is 10.4 Å². The van der Waals surface area contributed by atoms with Gasteiger partial charge in [-0.2, -0.15) is 5.10 Å². The minimum atomic E-state index is -0.472. The number of carbonyl (C=O) groups is 1. The predicted molar refractivity (Wildman–Crippen MR) is 83.1 cm³/mol. The molecule has 0 fully saturated rings. The van der Waals surface area contributed by atoms with Crippen molar-refractivity contribution < 1.29 is 9.90 Å². The first kappa shape index (κ1) is 15.5. The lowest BCUT2D eigenvalue weighted by atomic mass is 9.80. The van der Waals surface area contributed by atoms with E-state index in [0.717, 1.165) is 10.9 Å². The van der Waals surface area contributed by atoms with Gasteiger partial charge in [-0.3, -0.25) is 9.89 Å². The summed E-state index contributed by atoms with van der Waals surface area (Å²) >= 11 is 0. The van der Waals surface area contributed by atoms with Gasteiger partial charge in [0, 0.05) is 17.3 Å². The molecule has 3 N–H and O–H groups in total. The number of carbonyl (C=O) groups excluding carboxylic acids is 1. The minimum Gasteiger partial charge on any atom is -0.392 e. The largest absolute Gasteiger partial charge is 0.392 e. The lowest BCUT2D eigenvalue weighted by molar-refractivity contribution is 0.0138. The SMILES string of the molecule is CC(C)C(O)C(C)(C)CNC(=O)c1cccc2cn[nH]c12. The fraction of sp³-hybridized carbons (Fsp3) is 0.500. The second-order valence-electron chi connectivity index (χ2n) is 6.50. The van der Waals surface area contributed by atoms with Crippen molar-refractivity contribution in [2.75, 3.05) is 6.54 Å². The molecule has 5 nitrogen and oxygen atoms in total. The van der Waals surface area contributed by atoms with E-state index in [-0.39, 0.29) is 17.2 Å². The number of aliphatic hydroxyl groups is 1. The van der Waals surface area contributed by atoms with Crippen LogP contribution >= 0.6 is 0 Å². The fourth-order valence-corrected chi connectivity index (χ4v) is 2.57. The van der Waals surface area contributed by atoms with Gasteiger partial charge in [0.05, 0.1) is 23.4 Å². The van der Waals surface area contributed by atoms with Gasteiger partial charge in [-0.1, -0.05) is 39.8 Å². The van der Waals surface area contributed by atoms with E-state index in [1.807, 2.05) is 39.8 Å². The number of aromatic amines is 1. The van der Waals surface area contributed by atoms with Crippen molar-refractivity contribution >= 4 is 16.8 Å². The number of amides is 1.